The van der Waals surface area contributed by atoms with Crippen molar-refractivity contribution in [1.82, 2.24) is 0 Å². The number of hydrogen-bond acceptors (Lipinski definition) is 4. The standard InChI is InChI=1S/C19H23N3O3/c1-25-18-5-3-2-4-17(18)20-19(24)14-21-10-12-22(13-11-21)15-6-8-16(23)9-7-15/h2-9,23H,10-14H2,1H3,(H,20,24)/p+1. The third kappa shape index (κ3) is 4.42. The van der Waals surface area contributed by atoms with E-state index in [2.05, 4.69) is 10.2 Å². The van der Waals surface area contributed by atoms with Gasteiger partial charge in [-0.25, -0.2) is 0 Å². The number of phenolic OH excluding ortho intramolecular Hbond substituents is 1. The first-order valence-corrected chi connectivity index (χ1v) is 8.46. The Morgan fingerprint density at radius 1 is 1.16 bits per heavy atom. The van der Waals surface area contributed by atoms with E-state index in [1.807, 2.05) is 36.4 Å². The number of benzene rings is 2. The molecule has 2 aromatic carbocycles. The first kappa shape index (κ1) is 17.1. The fourth-order valence-corrected chi connectivity index (χ4v) is 3.09. The highest BCUT2D eigenvalue weighted by Gasteiger charge is 2.22. The lowest BCUT2D eigenvalue weighted by Crippen LogP contribution is -3.15. The first-order chi connectivity index (χ1) is 12.2. The molecule has 6 heteroatoms. The molecule has 0 spiro atoms. The number of nitrogens with zero attached hydrogens (tertiary/aromatic N) is 1. The fourth-order valence-electron chi connectivity index (χ4n) is 3.09. The van der Waals surface area contributed by atoms with Gasteiger partial charge in [0.25, 0.3) is 5.91 Å². The molecule has 0 saturated carbocycles. The molecule has 3 rings (SSSR count). The van der Waals surface area contributed by atoms with Crippen LogP contribution < -0.4 is 19.9 Å². The van der Waals surface area contributed by atoms with Crippen LogP contribution in [0.3, 0.4) is 0 Å². The Morgan fingerprint density at radius 2 is 1.84 bits per heavy atom. The van der Waals surface area contributed by atoms with Crippen LogP contribution in [-0.2, 0) is 4.79 Å². The lowest BCUT2D eigenvalue weighted by Gasteiger charge is -2.33. The maximum atomic E-state index is 12.3. The van der Waals surface area contributed by atoms with Crippen LogP contribution in [0.5, 0.6) is 11.5 Å². The number of methoxy groups -OCH3 is 1. The average Bonchev–Trinajstić information content (AvgIpc) is 2.63. The zero-order valence-corrected chi connectivity index (χ0v) is 14.4. The molecule has 6 nitrogen and oxygen atoms in total. The number of para-hydroxylation sites is 2. The molecular formula is C19H24N3O3+. The summed E-state index contributed by atoms with van der Waals surface area (Å²) in [6.07, 6.45) is 0. The molecule has 0 radical (unpaired) electrons. The number of phenols is 1. The van der Waals surface area contributed by atoms with Crippen molar-refractivity contribution in [2.24, 2.45) is 0 Å². The van der Waals surface area contributed by atoms with Crippen LogP contribution in [-0.4, -0.2) is 50.8 Å². The van der Waals surface area contributed by atoms with Gasteiger partial charge in [0, 0.05) is 5.69 Å². The van der Waals surface area contributed by atoms with Crippen molar-refractivity contribution in [3.63, 3.8) is 0 Å². The molecule has 0 aromatic heterocycles. The largest absolute Gasteiger partial charge is 0.508 e. The van der Waals surface area contributed by atoms with Crippen LogP contribution in [0.4, 0.5) is 11.4 Å². The van der Waals surface area contributed by atoms with Crippen molar-refractivity contribution < 1.29 is 19.5 Å². The minimum absolute atomic E-state index is 0.00224. The number of hydrogen-bond donors (Lipinski definition) is 3. The van der Waals surface area contributed by atoms with Gasteiger partial charge in [-0.05, 0) is 36.4 Å². The second-order valence-electron chi connectivity index (χ2n) is 6.18. The van der Waals surface area contributed by atoms with E-state index < -0.39 is 0 Å². The van der Waals surface area contributed by atoms with Crippen LogP contribution in [0.1, 0.15) is 0 Å². The molecule has 1 fully saturated rings. The number of piperazine rings is 1. The van der Waals surface area contributed by atoms with Crippen molar-refractivity contribution in [3.8, 4) is 11.5 Å². The van der Waals surface area contributed by atoms with E-state index in [9.17, 15) is 9.90 Å². The lowest BCUT2D eigenvalue weighted by molar-refractivity contribution is -0.892. The zero-order valence-electron chi connectivity index (χ0n) is 14.4. The maximum absolute atomic E-state index is 12.3. The summed E-state index contributed by atoms with van der Waals surface area (Å²) >= 11 is 0. The second-order valence-corrected chi connectivity index (χ2v) is 6.18. The first-order valence-electron chi connectivity index (χ1n) is 8.46. The van der Waals surface area contributed by atoms with E-state index in [1.165, 1.54) is 4.90 Å². The van der Waals surface area contributed by atoms with Gasteiger partial charge in [-0.2, -0.15) is 0 Å². The Labute approximate surface area is 147 Å². The van der Waals surface area contributed by atoms with Crippen LogP contribution >= 0.6 is 0 Å². The molecule has 3 N–H and O–H groups in total. The molecule has 1 saturated heterocycles. The predicted molar refractivity (Wildman–Crippen MR) is 97.5 cm³/mol. The Balaban J connectivity index is 1.50. The van der Waals surface area contributed by atoms with Crippen molar-refractivity contribution in [1.29, 1.82) is 0 Å². The third-order valence-corrected chi connectivity index (χ3v) is 4.48. The highest BCUT2D eigenvalue weighted by molar-refractivity contribution is 5.92. The van der Waals surface area contributed by atoms with Gasteiger partial charge in [-0.15, -0.1) is 0 Å². The normalized spacial score (nSPS) is 15.0. The minimum Gasteiger partial charge on any atom is -0.508 e. The minimum atomic E-state index is -0.00224. The van der Waals surface area contributed by atoms with Crippen molar-refractivity contribution in [2.75, 3.05) is 50.1 Å². The molecular weight excluding hydrogens is 318 g/mol. The Morgan fingerprint density at radius 3 is 2.52 bits per heavy atom. The van der Waals surface area contributed by atoms with Crippen LogP contribution in [0.25, 0.3) is 0 Å². The van der Waals surface area contributed by atoms with Crippen LogP contribution in [0.2, 0.25) is 0 Å². The van der Waals surface area contributed by atoms with Gasteiger partial charge in [-0.3, -0.25) is 4.79 Å². The molecule has 0 atom stereocenters. The second kappa shape index (κ2) is 7.90. The van der Waals surface area contributed by atoms with E-state index >= 15 is 0 Å². The average molecular weight is 342 g/mol. The van der Waals surface area contributed by atoms with E-state index in [0.717, 1.165) is 31.9 Å². The Hall–Kier alpha value is -2.73. The van der Waals surface area contributed by atoms with Gasteiger partial charge in [0.05, 0.1) is 39.0 Å². The summed E-state index contributed by atoms with van der Waals surface area (Å²) < 4.78 is 5.26. The molecule has 1 aliphatic rings. The van der Waals surface area contributed by atoms with Crippen molar-refractivity contribution >= 4 is 17.3 Å². The molecule has 0 unspecified atom stereocenters. The van der Waals surface area contributed by atoms with Gasteiger partial charge in [0.15, 0.2) is 6.54 Å². The van der Waals surface area contributed by atoms with E-state index in [-0.39, 0.29) is 11.7 Å². The number of rotatable bonds is 5. The zero-order chi connectivity index (χ0) is 17.6. The molecule has 1 heterocycles. The highest BCUT2D eigenvalue weighted by atomic mass is 16.5. The molecule has 1 amide bonds. The highest BCUT2D eigenvalue weighted by Crippen LogP contribution is 2.22. The van der Waals surface area contributed by atoms with Crippen molar-refractivity contribution in [2.45, 2.75) is 0 Å². The Kier molecular flexibility index (Phi) is 5.40. The van der Waals surface area contributed by atoms with E-state index in [0.29, 0.717) is 18.0 Å². The number of anilines is 2. The van der Waals surface area contributed by atoms with E-state index in [1.54, 1.807) is 19.2 Å². The van der Waals surface area contributed by atoms with Crippen LogP contribution in [0.15, 0.2) is 48.5 Å². The van der Waals surface area contributed by atoms with Gasteiger partial charge in [-0.1, -0.05) is 12.1 Å². The lowest BCUT2D eigenvalue weighted by atomic mass is 10.2. The summed E-state index contributed by atoms with van der Waals surface area (Å²) in [6, 6.07) is 14.7. The monoisotopic (exact) mass is 342 g/mol. The maximum Gasteiger partial charge on any atom is 0.279 e. The number of ether oxygens (including phenoxy) is 1. The number of aromatic hydroxyl groups is 1. The smallest absolute Gasteiger partial charge is 0.279 e. The summed E-state index contributed by atoms with van der Waals surface area (Å²) in [5.74, 6) is 0.946. The quantitative estimate of drug-likeness (QED) is 0.750. The molecule has 0 aliphatic carbocycles. The Bertz CT molecular complexity index is 710. The predicted octanol–water partition coefficient (Wildman–Crippen LogP) is 0.744. The summed E-state index contributed by atoms with van der Waals surface area (Å²) in [5, 5.41) is 12.3. The van der Waals surface area contributed by atoms with Gasteiger partial charge in [0.2, 0.25) is 0 Å². The van der Waals surface area contributed by atoms with Gasteiger partial charge in [0.1, 0.15) is 11.5 Å². The molecule has 0 bridgehead atoms. The number of carbonyl (C=O) groups is 1. The number of quaternary nitrogens is 1. The third-order valence-electron chi connectivity index (χ3n) is 4.48. The SMILES string of the molecule is COc1ccccc1NC(=O)C[NH+]1CCN(c2ccc(O)cc2)CC1. The van der Waals surface area contributed by atoms with Crippen molar-refractivity contribution in [3.05, 3.63) is 48.5 Å². The summed E-state index contributed by atoms with van der Waals surface area (Å²) in [7, 11) is 1.60. The van der Waals surface area contributed by atoms with Gasteiger partial charge >= 0.3 is 0 Å². The van der Waals surface area contributed by atoms with E-state index in [4.69, 9.17) is 4.74 Å². The summed E-state index contributed by atoms with van der Waals surface area (Å²) in [5.41, 5.74) is 1.81. The number of nitrogens with one attached hydrogen (secondary N) is 2. The fraction of sp³-hybridized carbons (Fsp3) is 0.316. The molecule has 1 aliphatic heterocycles. The number of amides is 1. The number of carbonyl (C=O) groups excluding carboxylic acids is 1. The summed E-state index contributed by atoms with van der Waals surface area (Å²) in [6.45, 7) is 4.03. The van der Waals surface area contributed by atoms with Crippen LogP contribution in [0, 0.1) is 0 Å². The summed E-state index contributed by atoms with van der Waals surface area (Å²) in [4.78, 5) is 15.9. The molecule has 25 heavy (non-hydrogen) atoms. The topological polar surface area (TPSA) is 66.2 Å². The van der Waals surface area contributed by atoms with Gasteiger partial charge < -0.3 is 25.0 Å². The molecule has 132 valence electrons. The molecule has 2 aromatic rings.